The van der Waals surface area contributed by atoms with E-state index in [1.807, 2.05) is 24.3 Å². The van der Waals surface area contributed by atoms with E-state index in [1.54, 1.807) is 0 Å². The molecule has 12 rings (SSSR count). The van der Waals surface area contributed by atoms with Crippen molar-refractivity contribution in [1.82, 2.24) is 4.57 Å². The molecule has 0 amide bonds. The van der Waals surface area contributed by atoms with Crippen LogP contribution in [0.25, 0.3) is 49.4 Å². The van der Waals surface area contributed by atoms with Gasteiger partial charge in [-0.2, -0.15) is 0 Å². The molecule has 266 valence electrons. The van der Waals surface area contributed by atoms with Crippen molar-refractivity contribution < 1.29 is 9.47 Å². The SMILES string of the molecule is Cc1cc2c3c(c1)-n1c4c(cccc4c4ccc5ccccc5c41)B3N(c1cc3c(cc1C)C(C)(C)CCC3(C)C)c1cc3c(cc1-2)Oc1ccccc1O3. The summed E-state index contributed by atoms with van der Waals surface area (Å²) < 4.78 is 15.9. The maximum Gasteiger partial charge on any atom is 0.333 e. The number of benzene rings is 7. The average molecular weight is 713 g/mol. The van der Waals surface area contributed by atoms with Crippen LogP contribution in [0.15, 0.2) is 115 Å². The minimum atomic E-state index is -0.0730. The molecule has 4 aliphatic rings. The van der Waals surface area contributed by atoms with E-state index >= 15 is 0 Å². The number of para-hydroxylation sites is 3. The Morgan fingerprint density at radius 2 is 1.22 bits per heavy atom. The summed E-state index contributed by atoms with van der Waals surface area (Å²) in [4.78, 5) is 2.65. The van der Waals surface area contributed by atoms with Crippen LogP contribution in [0.4, 0.5) is 11.4 Å². The van der Waals surface area contributed by atoms with Crippen molar-refractivity contribution in [2.75, 3.05) is 4.81 Å². The van der Waals surface area contributed by atoms with Crippen LogP contribution < -0.4 is 25.2 Å². The summed E-state index contributed by atoms with van der Waals surface area (Å²) in [5.74, 6) is 2.96. The van der Waals surface area contributed by atoms with E-state index in [9.17, 15) is 0 Å². The van der Waals surface area contributed by atoms with Gasteiger partial charge in [-0.1, -0.05) is 107 Å². The molecule has 8 aromatic rings. The van der Waals surface area contributed by atoms with Gasteiger partial charge < -0.3 is 18.9 Å². The molecule has 0 unspecified atom stereocenters. The van der Waals surface area contributed by atoms with Gasteiger partial charge in [0.05, 0.1) is 11.0 Å². The fourth-order valence-corrected chi connectivity index (χ4v) is 10.6. The van der Waals surface area contributed by atoms with Gasteiger partial charge >= 0.3 is 6.85 Å². The van der Waals surface area contributed by atoms with Crippen molar-refractivity contribution in [2.45, 2.75) is 65.2 Å². The second-order valence-electron chi connectivity index (χ2n) is 17.7. The standard InChI is InChI=1S/C50H41BN2O2/c1-28-22-35-34-25-44-45(55-43-17-10-9-16-42(43)54-44)27-40(34)53(39-26-37-36(24-29(39)2)49(3,4)20-21-50(37,5)6)51-38-15-11-14-32-33-19-18-30-12-7-8-13-31(30)47(33)52(48(32)38)41(23-28)46(35)51/h7-19,22-27H,20-21H2,1-6H3. The predicted octanol–water partition coefficient (Wildman–Crippen LogP) is 12.0. The van der Waals surface area contributed by atoms with Crippen molar-refractivity contribution in [3.63, 3.8) is 0 Å². The molecule has 0 atom stereocenters. The van der Waals surface area contributed by atoms with E-state index in [4.69, 9.17) is 9.47 Å². The highest BCUT2D eigenvalue weighted by Gasteiger charge is 2.46. The van der Waals surface area contributed by atoms with Crippen molar-refractivity contribution in [1.29, 1.82) is 0 Å². The first kappa shape index (κ1) is 31.4. The van der Waals surface area contributed by atoms with E-state index in [2.05, 4.69) is 142 Å². The van der Waals surface area contributed by atoms with E-state index < -0.39 is 0 Å². The third kappa shape index (κ3) is 4.08. The molecule has 7 aromatic carbocycles. The topological polar surface area (TPSA) is 26.6 Å². The van der Waals surface area contributed by atoms with Crippen LogP contribution in [0, 0.1) is 13.8 Å². The smallest absolute Gasteiger partial charge is 0.333 e. The number of hydrogen-bond donors (Lipinski definition) is 0. The predicted molar refractivity (Wildman–Crippen MR) is 229 cm³/mol. The molecule has 0 saturated heterocycles. The number of ether oxygens (including phenoxy) is 2. The number of anilines is 2. The summed E-state index contributed by atoms with van der Waals surface area (Å²) in [7, 11) is 0. The van der Waals surface area contributed by atoms with E-state index in [0.29, 0.717) is 0 Å². The lowest BCUT2D eigenvalue weighted by Gasteiger charge is -2.46. The summed E-state index contributed by atoms with van der Waals surface area (Å²) in [6.07, 6.45) is 2.34. The zero-order valence-corrected chi connectivity index (χ0v) is 32.2. The van der Waals surface area contributed by atoms with Crippen LogP contribution in [0.1, 0.15) is 62.8 Å². The Hall–Kier alpha value is -5.94. The Balaban J connectivity index is 1.23. The normalized spacial score (nSPS) is 16.5. The molecule has 0 fully saturated rings. The molecule has 1 aliphatic carbocycles. The van der Waals surface area contributed by atoms with Crippen molar-refractivity contribution in [2.24, 2.45) is 0 Å². The molecule has 0 N–H and O–H groups in total. The summed E-state index contributed by atoms with van der Waals surface area (Å²) in [6.45, 7) is 14.2. The second-order valence-corrected chi connectivity index (χ2v) is 17.7. The Kier molecular flexibility index (Phi) is 5.95. The van der Waals surface area contributed by atoms with Crippen molar-refractivity contribution >= 4 is 61.7 Å². The highest BCUT2D eigenvalue weighted by molar-refractivity contribution is 6.93. The van der Waals surface area contributed by atoms with Gasteiger partial charge in [0.1, 0.15) is 0 Å². The number of nitrogens with zero attached hydrogens (tertiary/aromatic N) is 2. The van der Waals surface area contributed by atoms with Gasteiger partial charge in [0.25, 0.3) is 0 Å². The lowest BCUT2D eigenvalue weighted by atomic mass is 9.43. The fourth-order valence-electron chi connectivity index (χ4n) is 10.6. The Morgan fingerprint density at radius 3 is 2.00 bits per heavy atom. The molecule has 0 radical (unpaired) electrons. The highest BCUT2D eigenvalue weighted by Crippen LogP contribution is 2.55. The molecule has 5 heteroatoms. The Bertz CT molecular complexity index is 3040. The largest absolute Gasteiger partial charge is 0.449 e. The Labute approximate surface area is 322 Å². The van der Waals surface area contributed by atoms with Crippen LogP contribution in [0.2, 0.25) is 0 Å². The van der Waals surface area contributed by atoms with Gasteiger partial charge in [-0.3, -0.25) is 0 Å². The number of rotatable bonds is 1. The fraction of sp³-hybridized carbons (Fsp3) is 0.200. The van der Waals surface area contributed by atoms with Gasteiger partial charge in [0.15, 0.2) is 23.0 Å². The number of aryl methyl sites for hydroxylation is 2. The molecule has 0 spiro atoms. The highest BCUT2D eigenvalue weighted by atomic mass is 16.6. The minimum absolute atomic E-state index is 0.0582. The van der Waals surface area contributed by atoms with E-state index in [1.165, 1.54) is 89.1 Å². The molecule has 1 aromatic heterocycles. The second kappa shape index (κ2) is 10.4. The van der Waals surface area contributed by atoms with Gasteiger partial charge in [0, 0.05) is 44.9 Å². The molecule has 0 bridgehead atoms. The minimum Gasteiger partial charge on any atom is -0.449 e. The summed E-state index contributed by atoms with van der Waals surface area (Å²) in [6, 6.07) is 42.8. The first-order valence-electron chi connectivity index (χ1n) is 19.8. The van der Waals surface area contributed by atoms with E-state index in [0.717, 1.165) is 40.7 Å². The molecular formula is C50H41BN2O2. The van der Waals surface area contributed by atoms with E-state index in [-0.39, 0.29) is 17.7 Å². The van der Waals surface area contributed by atoms with Crippen LogP contribution >= 0.6 is 0 Å². The molecule has 4 heterocycles. The van der Waals surface area contributed by atoms with Crippen LogP contribution in [-0.4, -0.2) is 11.4 Å². The van der Waals surface area contributed by atoms with Crippen molar-refractivity contribution in [3.8, 4) is 39.8 Å². The summed E-state index contributed by atoms with van der Waals surface area (Å²) in [5.41, 5.74) is 16.9. The molecule has 4 nitrogen and oxygen atoms in total. The molecular weight excluding hydrogens is 671 g/mol. The van der Waals surface area contributed by atoms with Gasteiger partial charge in [-0.25, -0.2) is 0 Å². The third-order valence-electron chi connectivity index (χ3n) is 13.4. The van der Waals surface area contributed by atoms with Crippen LogP contribution in [0.5, 0.6) is 23.0 Å². The number of aromatic nitrogens is 1. The first-order chi connectivity index (χ1) is 26.6. The average Bonchev–Trinajstić information content (AvgIpc) is 3.53. The van der Waals surface area contributed by atoms with Gasteiger partial charge in [-0.15, -0.1) is 0 Å². The molecule has 0 saturated carbocycles. The maximum absolute atomic E-state index is 6.67. The first-order valence-corrected chi connectivity index (χ1v) is 19.8. The number of hydrogen-bond acceptors (Lipinski definition) is 3. The van der Waals surface area contributed by atoms with Gasteiger partial charge in [0.2, 0.25) is 0 Å². The van der Waals surface area contributed by atoms with Crippen LogP contribution in [0.3, 0.4) is 0 Å². The lowest BCUT2D eigenvalue weighted by Crippen LogP contribution is -2.60. The quantitative estimate of drug-likeness (QED) is 0.159. The lowest BCUT2D eigenvalue weighted by molar-refractivity contribution is 0.332. The molecule has 3 aliphatic heterocycles. The van der Waals surface area contributed by atoms with Crippen LogP contribution in [-0.2, 0) is 10.8 Å². The summed E-state index contributed by atoms with van der Waals surface area (Å²) >= 11 is 0. The Morgan fingerprint density at radius 1 is 0.545 bits per heavy atom. The third-order valence-corrected chi connectivity index (χ3v) is 13.4. The number of fused-ring (bicyclic) bond motifs is 12. The monoisotopic (exact) mass is 712 g/mol. The zero-order valence-electron chi connectivity index (χ0n) is 32.2. The zero-order chi connectivity index (χ0) is 37.1. The molecule has 55 heavy (non-hydrogen) atoms. The maximum atomic E-state index is 6.67. The summed E-state index contributed by atoms with van der Waals surface area (Å²) in [5, 5.41) is 5.11. The van der Waals surface area contributed by atoms with Gasteiger partial charge in [-0.05, 0) is 112 Å². The van der Waals surface area contributed by atoms with Crippen molar-refractivity contribution in [3.05, 3.63) is 138 Å².